The third kappa shape index (κ3) is 3.67. The van der Waals surface area contributed by atoms with Gasteiger partial charge in [0, 0.05) is 18.2 Å². The smallest absolute Gasteiger partial charge is 0.396 e. The first-order chi connectivity index (χ1) is 7.86. The fraction of sp³-hybridized carbons (Fsp3) is 0.455. The minimum Gasteiger partial charge on any atom is -0.396 e. The summed E-state index contributed by atoms with van der Waals surface area (Å²) in [7, 11) is 0. The lowest BCUT2D eigenvalue weighted by molar-refractivity contribution is -0.137. The number of benzene rings is 1. The molecular weight excluding hydrogens is 238 g/mol. The summed E-state index contributed by atoms with van der Waals surface area (Å²) < 4.78 is 50.2. The van der Waals surface area contributed by atoms with E-state index in [1.807, 2.05) is 0 Å². The topological polar surface area (TPSA) is 46.2 Å². The Labute approximate surface area is 96.1 Å². The molecule has 0 amide bonds. The average molecular weight is 251 g/mol. The maximum Gasteiger partial charge on any atom is 0.416 e. The molecular formula is C11H13F4NO. The Morgan fingerprint density at radius 2 is 1.94 bits per heavy atom. The summed E-state index contributed by atoms with van der Waals surface area (Å²) in [6.45, 7) is -0.0873. The molecule has 0 aliphatic carbocycles. The van der Waals surface area contributed by atoms with E-state index in [1.165, 1.54) is 0 Å². The van der Waals surface area contributed by atoms with E-state index >= 15 is 0 Å². The van der Waals surface area contributed by atoms with Gasteiger partial charge >= 0.3 is 6.18 Å². The molecule has 0 unspecified atom stereocenters. The van der Waals surface area contributed by atoms with Gasteiger partial charge in [-0.2, -0.15) is 13.2 Å². The van der Waals surface area contributed by atoms with Crippen LogP contribution in [0, 0.1) is 5.82 Å². The summed E-state index contributed by atoms with van der Waals surface area (Å²) in [6.07, 6.45) is -3.87. The van der Waals surface area contributed by atoms with Gasteiger partial charge in [0.2, 0.25) is 0 Å². The van der Waals surface area contributed by atoms with Crippen LogP contribution in [0.5, 0.6) is 0 Å². The van der Waals surface area contributed by atoms with Crippen LogP contribution >= 0.6 is 0 Å². The van der Waals surface area contributed by atoms with E-state index in [1.54, 1.807) is 0 Å². The first kappa shape index (κ1) is 13.9. The summed E-state index contributed by atoms with van der Waals surface area (Å²) in [6, 6.07) is 1.58. The van der Waals surface area contributed by atoms with Crippen LogP contribution in [0.25, 0.3) is 0 Å². The highest BCUT2D eigenvalue weighted by atomic mass is 19.4. The Balaban J connectivity index is 2.90. The number of aliphatic hydroxyl groups is 1. The predicted molar refractivity (Wildman–Crippen MR) is 54.7 cm³/mol. The Morgan fingerprint density at radius 3 is 2.41 bits per heavy atom. The lowest BCUT2D eigenvalue weighted by Gasteiger charge is -2.14. The summed E-state index contributed by atoms with van der Waals surface area (Å²) in [5.74, 6) is -0.967. The van der Waals surface area contributed by atoms with E-state index in [4.69, 9.17) is 10.8 Å². The molecule has 0 bridgehead atoms. The number of nitrogens with two attached hydrogens (primary N) is 1. The summed E-state index contributed by atoms with van der Waals surface area (Å²) >= 11 is 0. The van der Waals surface area contributed by atoms with E-state index in [0.717, 1.165) is 12.1 Å². The zero-order valence-electron chi connectivity index (χ0n) is 8.97. The first-order valence-corrected chi connectivity index (χ1v) is 5.09. The second-order valence-corrected chi connectivity index (χ2v) is 3.71. The van der Waals surface area contributed by atoms with Gasteiger partial charge in [-0.15, -0.1) is 0 Å². The molecule has 2 nitrogen and oxygen atoms in total. The predicted octanol–water partition coefficient (Wildman–Crippen LogP) is 2.62. The van der Waals surface area contributed by atoms with Gasteiger partial charge in [-0.1, -0.05) is 6.07 Å². The van der Waals surface area contributed by atoms with Crippen LogP contribution in [0.4, 0.5) is 17.6 Å². The molecule has 0 spiro atoms. The van der Waals surface area contributed by atoms with E-state index in [0.29, 0.717) is 18.9 Å². The van der Waals surface area contributed by atoms with Gasteiger partial charge in [0.05, 0.1) is 5.56 Å². The molecule has 1 atom stereocenters. The SMILES string of the molecule is N[C@@H](CCCO)c1ccc(C(F)(F)F)cc1F. The molecule has 0 saturated heterocycles. The van der Waals surface area contributed by atoms with Crippen molar-refractivity contribution in [1.82, 2.24) is 0 Å². The van der Waals surface area contributed by atoms with Gasteiger partial charge in [0.15, 0.2) is 0 Å². The third-order valence-corrected chi connectivity index (χ3v) is 2.40. The highest BCUT2D eigenvalue weighted by Gasteiger charge is 2.31. The van der Waals surface area contributed by atoms with Crippen LogP contribution in [0.1, 0.15) is 30.0 Å². The van der Waals surface area contributed by atoms with Crippen LogP contribution in [0.15, 0.2) is 18.2 Å². The average Bonchev–Trinajstić information content (AvgIpc) is 2.24. The van der Waals surface area contributed by atoms with E-state index in [2.05, 4.69) is 0 Å². The molecule has 0 heterocycles. The summed E-state index contributed by atoms with van der Waals surface area (Å²) in [5.41, 5.74) is 4.61. The van der Waals surface area contributed by atoms with Crippen molar-refractivity contribution in [3.63, 3.8) is 0 Å². The Bertz CT molecular complexity index is 378. The lowest BCUT2D eigenvalue weighted by Crippen LogP contribution is -2.14. The van der Waals surface area contributed by atoms with E-state index < -0.39 is 23.6 Å². The van der Waals surface area contributed by atoms with Gasteiger partial charge in [-0.3, -0.25) is 0 Å². The molecule has 17 heavy (non-hydrogen) atoms. The largest absolute Gasteiger partial charge is 0.416 e. The van der Waals surface area contributed by atoms with Crippen molar-refractivity contribution in [2.45, 2.75) is 25.1 Å². The van der Waals surface area contributed by atoms with Crippen LogP contribution in [-0.2, 0) is 6.18 Å². The minimum absolute atomic E-state index is 0.0338. The molecule has 1 rings (SSSR count). The number of halogens is 4. The Morgan fingerprint density at radius 1 is 1.29 bits per heavy atom. The highest BCUT2D eigenvalue weighted by Crippen LogP contribution is 2.31. The normalized spacial score (nSPS) is 13.8. The van der Waals surface area contributed by atoms with Crippen molar-refractivity contribution >= 4 is 0 Å². The molecule has 96 valence electrons. The zero-order valence-corrected chi connectivity index (χ0v) is 8.97. The summed E-state index contributed by atoms with van der Waals surface area (Å²) in [4.78, 5) is 0. The van der Waals surface area contributed by atoms with Gasteiger partial charge in [-0.25, -0.2) is 4.39 Å². The number of rotatable bonds is 4. The fourth-order valence-electron chi connectivity index (χ4n) is 1.47. The van der Waals surface area contributed by atoms with Crippen molar-refractivity contribution in [1.29, 1.82) is 0 Å². The van der Waals surface area contributed by atoms with Gasteiger partial charge in [0.25, 0.3) is 0 Å². The van der Waals surface area contributed by atoms with Crippen molar-refractivity contribution < 1.29 is 22.7 Å². The molecule has 0 aromatic heterocycles. The van der Waals surface area contributed by atoms with Gasteiger partial charge in [0.1, 0.15) is 5.82 Å². The number of hydrogen-bond donors (Lipinski definition) is 2. The van der Waals surface area contributed by atoms with Crippen molar-refractivity contribution in [3.8, 4) is 0 Å². The maximum atomic E-state index is 13.4. The molecule has 1 aromatic rings. The van der Waals surface area contributed by atoms with E-state index in [9.17, 15) is 17.6 Å². The number of aliphatic hydroxyl groups excluding tert-OH is 1. The molecule has 6 heteroatoms. The van der Waals surface area contributed by atoms with Crippen molar-refractivity contribution in [3.05, 3.63) is 35.1 Å². The van der Waals surface area contributed by atoms with Crippen molar-refractivity contribution in [2.24, 2.45) is 5.73 Å². The molecule has 1 aromatic carbocycles. The molecule has 0 fully saturated rings. The van der Waals surface area contributed by atoms with E-state index in [-0.39, 0.29) is 12.2 Å². The quantitative estimate of drug-likeness (QED) is 0.808. The number of alkyl halides is 3. The Hall–Kier alpha value is -1.14. The van der Waals surface area contributed by atoms with Crippen LogP contribution in [0.2, 0.25) is 0 Å². The second kappa shape index (κ2) is 5.46. The molecule has 0 aliphatic heterocycles. The Kier molecular flexibility index (Phi) is 4.47. The molecule has 0 saturated carbocycles. The number of hydrogen-bond acceptors (Lipinski definition) is 2. The van der Waals surface area contributed by atoms with Crippen LogP contribution < -0.4 is 5.73 Å². The second-order valence-electron chi connectivity index (χ2n) is 3.71. The minimum atomic E-state index is -4.56. The third-order valence-electron chi connectivity index (χ3n) is 2.40. The highest BCUT2D eigenvalue weighted by molar-refractivity contribution is 5.28. The first-order valence-electron chi connectivity index (χ1n) is 5.09. The van der Waals surface area contributed by atoms with Crippen LogP contribution in [-0.4, -0.2) is 11.7 Å². The fourth-order valence-corrected chi connectivity index (χ4v) is 1.47. The monoisotopic (exact) mass is 251 g/mol. The van der Waals surface area contributed by atoms with Gasteiger partial charge < -0.3 is 10.8 Å². The zero-order chi connectivity index (χ0) is 13.1. The maximum absolute atomic E-state index is 13.4. The molecule has 3 N–H and O–H groups in total. The van der Waals surface area contributed by atoms with Gasteiger partial charge in [-0.05, 0) is 25.0 Å². The lowest BCUT2D eigenvalue weighted by atomic mass is 10.0. The molecule has 0 radical (unpaired) electrons. The van der Waals surface area contributed by atoms with Crippen LogP contribution in [0.3, 0.4) is 0 Å². The molecule has 0 aliphatic rings. The van der Waals surface area contributed by atoms with Crippen molar-refractivity contribution in [2.75, 3.05) is 6.61 Å². The standard InChI is InChI=1S/C11H13F4NO/c12-9-6-7(11(13,14)15)3-4-8(9)10(16)2-1-5-17/h3-4,6,10,17H,1-2,5,16H2/t10-/m0/s1. The summed E-state index contributed by atoms with van der Waals surface area (Å²) in [5, 5.41) is 8.58.